The zero-order valence-electron chi connectivity index (χ0n) is 42.4. The molecule has 0 amide bonds. The Morgan fingerprint density at radius 3 is 1.99 bits per heavy atom. The van der Waals surface area contributed by atoms with E-state index >= 15 is 0 Å². The number of azo groups is 3. The first-order valence-electron chi connectivity index (χ1n) is 22.4. The number of nitriles is 1. The van der Waals surface area contributed by atoms with Gasteiger partial charge in [0, 0.05) is 21.9 Å². The molecule has 0 atom stereocenters. The van der Waals surface area contributed by atoms with Gasteiger partial charge in [-0.05, 0) is 91.9 Å². The standard InChI is InChI=1S/C43H35ClN10O11S5.CH4O3S.2O3S/c1-4-12-65-35-19-31(49-52-38-23(3)27(21-45)41-46-29-8-5-6-9-34(29)54(41)42(38)55)28(44)18-32(35)50-51-33-15-22(2)30(20-36(33)66-13-7-14-68(56,57)58)48-53-43-47-39-37(70(62,63)64)16-24-10-11-25(69(59,60)61)17-26(24)40(39)67-43;1-5(2,3)4;2*1-4(2)3/h5-6,8-11,15-20,55H,4,7,12-14H2,1-3H3,(H,56,57,58)(H,59,60,61)(H,62,63,64);1H3,(H,2,3,4);;. The van der Waals surface area contributed by atoms with Crippen molar-refractivity contribution in [2.45, 2.75) is 48.3 Å². The predicted molar refractivity (Wildman–Crippen MR) is 300 cm³/mol. The number of ether oxygens (including phenoxy) is 1. The van der Waals surface area contributed by atoms with E-state index in [4.69, 9.17) is 46.1 Å². The molecule has 0 fully saturated rings. The molecule has 8 rings (SSSR count). The van der Waals surface area contributed by atoms with Gasteiger partial charge in [-0.2, -0.15) is 38.9 Å². The van der Waals surface area contributed by atoms with Crippen molar-refractivity contribution in [2.24, 2.45) is 30.7 Å². The Kier molecular flexibility index (Phi) is 22.2. The van der Waals surface area contributed by atoms with Crippen molar-refractivity contribution >= 4 is 168 Å². The topological polar surface area (TPSA) is 477 Å². The van der Waals surface area contributed by atoms with Gasteiger partial charge in [0.1, 0.15) is 39.2 Å². The number of aryl methyl sites for hydroxylation is 1. The van der Waals surface area contributed by atoms with Crippen molar-refractivity contribution < 1.29 is 87.0 Å². The molecule has 0 spiro atoms. The number of nitrogens with zero attached hydrogens (tertiary/aromatic N) is 10. The Morgan fingerprint density at radius 2 is 1.39 bits per heavy atom. The van der Waals surface area contributed by atoms with Gasteiger partial charge < -0.3 is 9.84 Å². The zero-order chi connectivity index (χ0) is 61.9. The maximum Gasteiger partial charge on any atom is 0.425 e. The number of aromatic nitrogens is 3. The van der Waals surface area contributed by atoms with Crippen molar-refractivity contribution in [1.29, 1.82) is 5.26 Å². The smallest absolute Gasteiger partial charge is 0.425 e. The Bertz CT molecular complexity index is 4680. The molecule has 440 valence electrons. The first kappa shape index (κ1) is 66.4. The van der Waals surface area contributed by atoms with Gasteiger partial charge >= 0.3 is 21.2 Å². The van der Waals surface area contributed by atoms with E-state index in [2.05, 4.69) is 46.7 Å². The van der Waals surface area contributed by atoms with E-state index in [1.807, 2.05) is 6.92 Å². The Labute approximate surface area is 486 Å². The second-order valence-electron chi connectivity index (χ2n) is 16.4. The minimum Gasteiger partial charge on any atom is -0.493 e. The quantitative estimate of drug-likeness (QED) is 0.0260. The van der Waals surface area contributed by atoms with Gasteiger partial charge in [-0.1, -0.05) is 48.1 Å². The molecule has 3 aromatic heterocycles. The van der Waals surface area contributed by atoms with Crippen molar-refractivity contribution in [3.05, 3.63) is 94.5 Å². The van der Waals surface area contributed by atoms with Gasteiger partial charge in [0.25, 0.3) is 40.5 Å². The van der Waals surface area contributed by atoms with Crippen LogP contribution in [0.1, 0.15) is 36.5 Å². The van der Waals surface area contributed by atoms with Crippen LogP contribution in [0.3, 0.4) is 0 Å². The number of para-hydroxylation sites is 2. The van der Waals surface area contributed by atoms with E-state index < -0.39 is 77.2 Å². The van der Waals surface area contributed by atoms with Gasteiger partial charge in [0.05, 0.1) is 55.6 Å². The number of imidazole rings is 1. The minimum absolute atomic E-state index is 0.0138. The maximum atomic E-state index is 12.4. The number of pyridine rings is 1. The van der Waals surface area contributed by atoms with Crippen LogP contribution >= 0.6 is 34.7 Å². The fourth-order valence-electron chi connectivity index (χ4n) is 7.06. The molecule has 0 aliphatic rings. The second kappa shape index (κ2) is 27.8. The number of benzene rings is 5. The number of halogens is 1. The largest absolute Gasteiger partial charge is 0.493 e. The number of hydrogen-bond donors (Lipinski definition) is 5. The normalized spacial score (nSPS) is 12.0. The summed E-state index contributed by atoms with van der Waals surface area (Å²) in [5.74, 6) is -0.380. The molecule has 39 heteroatoms. The highest BCUT2D eigenvalue weighted by molar-refractivity contribution is 7.99. The first-order valence-corrected chi connectivity index (χ1v) is 32.9. The lowest BCUT2D eigenvalue weighted by Crippen LogP contribution is -2.04. The molecule has 0 unspecified atom stereocenters. The monoisotopic (exact) mass is 1320 g/mol. The highest BCUT2D eigenvalue weighted by Gasteiger charge is 2.24. The molecule has 0 aliphatic carbocycles. The van der Waals surface area contributed by atoms with Gasteiger partial charge in [0.15, 0.2) is 11.3 Å². The van der Waals surface area contributed by atoms with Gasteiger partial charge in [-0.25, -0.2) is 9.97 Å². The Morgan fingerprint density at radius 1 is 0.771 bits per heavy atom. The molecule has 3 heterocycles. The molecule has 0 radical (unpaired) electrons. The maximum absolute atomic E-state index is 12.4. The average Bonchev–Trinajstić information content (AvgIpc) is 3.89. The number of rotatable bonds is 16. The summed E-state index contributed by atoms with van der Waals surface area (Å²) in [4.78, 5) is 8.24. The number of thiazole rings is 1. The third-order valence-electron chi connectivity index (χ3n) is 10.4. The van der Waals surface area contributed by atoms with Crippen LogP contribution < -0.4 is 4.74 Å². The summed E-state index contributed by atoms with van der Waals surface area (Å²) in [6.07, 6.45) is 1.39. The van der Waals surface area contributed by atoms with Crippen molar-refractivity contribution in [1.82, 2.24) is 14.4 Å². The number of hydrogen-bond acceptors (Lipinski definition) is 27. The lowest BCUT2D eigenvalue weighted by Gasteiger charge is -2.11. The van der Waals surface area contributed by atoms with Crippen LogP contribution in [-0.4, -0.2) is 121 Å². The van der Waals surface area contributed by atoms with E-state index in [1.54, 1.807) is 50.2 Å². The Balaban J connectivity index is 0.000000877. The Hall–Kier alpha value is -7.39. The van der Waals surface area contributed by atoms with Gasteiger partial charge in [-0.15, -0.1) is 67.7 Å². The van der Waals surface area contributed by atoms with Crippen LogP contribution in [0, 0.1) is 25.2 Å². The molecule has 5 aromatic carbocycles. The third kappa shape index (κ3) is 18.6. The molecule has 8 aromatic rings. The second-order valence-corrected chi connectivity index (χ2v) is 25.6. The molecular weight excluding hydrogens is 1280 g/mol. The summed E-state index contributed by atoms with van der Waals surface area (Å²) >= 11 is 8.77. The predicted octanol–water partition coefficient (Wildman–Crippen LogP) is 9.49. The van der Waals surface area contributed by atoms with Crippen LogP contribution in [0.4, 0.5) is 33.6 Å². The zero-order valence-corrected chi connectivity index (χ0v) is 49.7. The van der Waals surface area contributed by atoms with Crippen molar-refractivity contribution in [2.75, 3.05) is 24.4 Å². The van der Waals surface area contributed by atoms with Crippen LogP contribution in [0.15, 0.2) is 118 Å². The minimum atomic E-state index is -4.83. The number of thioether (sulfide) groups is 1. The summed E-state index contributed by atoms with van der Waals surface area (Å²) in [5, 5.41) is 48.2. The van der Waals surface area contributed by atoms with Gasteiger partial charge in [-0.3, -0.25) is 22.6 Å². The summed E-state index contributed by atoms with van der Waals surface area (Å²) in [7, 11) is -23.6. The van der Waals surface area contributed by atoms with Crippen LogP contribution in [0.5, 0.6) is 11.6 Å². The molecule has 5 N–H and O–H groups in total. The molecule has 0 bridgehead atoms. The van der Waals surface area contributed by atoms with Crippen LogP contribution in [-0.2, 0) is 61.7 Å². The fraction of sp³-hybridized carbons (Fsp3) is 0.205. The molecular formula is C44H39ClN10O20S8. The highest BCUT2D eigenvalue weighted by Crippen LogP contribution is 2.45. The van der Waals surface area contributed by atoms with E-state index in [0.717, 1.165) is 29.5 Å². The van der Waals surface area contributed by atoms with E-state index in [-0.39, 0.29) is 95.5 Å². The lowest BCUT2D eigenvalue weighted by atomic mass is 10.1. The molecule has 30 nitrogen and oxygen atoms in total. The van der Waals surface area contributed by atoms with E-state index in [9.17, 15) is 57.7 Å². The lowest BCUT2D eigenvalue weighted by molar-refractivity contribution is 0.318. The number of aromatic hydroxyl groups is 1. The van der Waals surface area contributed by atoms with Gasteiger partial charge in [0.2, 0.25) is 11.0 Å². The van der Waals surface area contributed by atoms with E-state index in [0.29, 0.717) is 45.4 Å². The summed E-state index contributed by atoms with van der Waals surface area (Å²) in [6.45, 7) is 5.47. The number of fused-ring (bicyclic) bond motifs is 6. The van der Waals surface area contributed by atoms with E-state index in [1.165, 1.54) is 34.4 Å². The first-order chi connectivity index (χ1) is 38.6. The van der Waals surface area contributed by atoms with Crippen LogP contribution in [0.2, 0.25) is 5.02 Å². The molecule has 83 heavy (non-hydrogen) atoms. The summed E-state index contributed by atoms with van der Waals surface area (Å²) < 4.78 is 185. The molecule has 0 aliphatic heterocycles. The molecule has 0 saturated carbocycles. The van der Waals surface area contributed by atoms with Crippen molar-refractivity contribution in [3.8, 4) is 17.7 Å². The highest BCUT2D eigenvalue weighted by atomic mass is 35.5. The molecule has 0 saturated heterocycles. The SMILES string of the molecule is CCCOc1cc(N=Nc2c(C)c(C#N)c3nc4ccccc4n3c2O)c(Cl)cc1N=Nc1cc(C)c(N=Nc2nc3c(S(=O)(=O)O)cc4ccc(S(=O)(=O)O)cc4c3s2)cc1SCCCS(=O)(=O)O.CS(=O)(=O)O.O=S(=O)=O.O=S(=O)=O. The average molecular weight is 1320 g/mol. The summed E-state index contributed by atoms with van der Waals surface area (Å²) in [6, 6.07) is 20.0. The van der Waals surface area contributed by atoms with Crippen molar-refractivity contribution in [3.63, 3.8) is 0 Å². The third-order valence-corrected chi connectivity index (χ3v) is 15.3. The van der Waals surface area contributed by atoms with Crippen LogP contribution in [0.25, 0.3) is 37.7 Å². The summed E-state index contributed by atoms with van der Waals surface area (Å²) in [5.41, 5.74) is 3.12. The fourth-order valence-corrected chi connectivity index (χ4v) is 11.1.